The lowest BCUT2D eigenvalue weighted by molar-refractivity contribution is 0.190. The molecule has 6 nitrogen and oxygen atoms in total. The van der Waals surface area contributed by atoms with Crippen molar-refractivity contribution in [3.8, 4) is 0 Å². The van der Waals surface area contributed by atoms with Crippen LogP contribution in [-0.4, -0.2) is 32.6 Å². The molecule has 2 heterocycles. The zero-order chi connectivity index (χ0) is 11.9. The molecule has 1 aromatic rings. The number of nitrogens with zero attached hydrogens (tertiary/aromatic N) is 3. The van der Waals surface area contributed by atoms with Crippen molar-refractivity contribution >= 4 is 11.9 Å². The number of hydrogen-bond acceptors (Lipinski definition) is 3. The molecule has 0 bridgehead atoms. The number of amides is 2. The van der Waals surface area contributed by atoms with Crippen molar-refractivity contribution in [1.29, 1.82) is 5.41 Å². The second kappa shape index (κ2) is 3.62. The zero-order valence-electron chi connectivity index (χ0n) is 9.56. The number of carbonyl (C=O) groups is 1. The average Bonchev–Trinajstić information content (AvgIpc) is 2.69. The summed E-state index contributed by atoms with van der Waals surface area (Å²) in [5.41, 5.74) is 0.861. The fourth-order valence-electron chi connectivity index (χ4n) is 1.95. The van der Waals surface area contributed by atoms with Gasteiger partial charge in [-0.2, -0.15) is 5.10 Å². The van der Waals surface area contributed by atoms with E-state index in [1.165, 1.54) is 0 Å². The highest BCUT2D eigenvalue weighted by Gasteiger charge is 2.38. The van der Waals surface area contributed by atoms with Crippen LogP contribution < -0.4 is 5.32 Å². The smallest absolute Gasteiger partial charge is 0.308 e. The van der Waals surface area contributed by atoms with Gasteiger partial charge in [0.15, 0.2) is 0 Å². The molecular formula is C10H15N5O. The number of carbonyl (C=O) groups excluding carboxylic acids is 1. The lowest BCUT2D eigenvalue weighted by atomic mass is 10.1. The Morgan fingerprint density at radius 2 is 2.25 bits per heavy atom. The predicted octanol–water partition coefficient (Wildman–Crippen LogP) is 0.872. The fraction of sp³-hybridized carbons (Fsp3) is 0.500. The minimum absolute atomic E-state index is 0.0491. The first-order valence-electron chi connectivity index (χ1n) is 5.17. The van der Waals surface area contributed by atoms with Gasteiger partial charge in [0.2, 0.25) is 0 Å². The maximum absolute atomic E-state index is 11.7. The molecule has 16 heavy (non-hydrogen) atoms. The minimum Gasteiger partial charge on any atom is -0.308 e. The van der Waals surface area contributed by atoms with E-state index in [1.54, 1.807) is 15.8 Å². The molecule has 86 valence electrons. The molecule has 2 rings (SSSR count). The van der Waals surface area contributed by atoms with Crippen LogP contribution >= 0.6 is 0 Å². The van der Waals surface area contributed by atoms with Crippen LogP contribution in [0.4, 0.5) is 4.79 Å². The summed E-state index contributed by atoms with van der Waals surface area (Å²) in [6.45, 7) is 3.86. The topological polar surface area (TPSA) is 74.0 Å². The molecule has 1 saturated heterocycles. The molecule has 6 heteroatoms. The van der Waals surface area contributed by atoms with Gasteiger partial charge in [-0.05, 0) is 13.8 Å². The first-order valence-corrected chi connectivity index (χ1v) is 5.17. The van der Waals surface area contributed by atoms with Crippen LogP contribution in [-0.2, 0) is 7.05 Å². The van der Waals surface area contributed by atoms with Gasteiger partial charge in [-0.3, -0.25) is 15.4 Å². The number of amidine groups is 1. The predicted molar refractivity (Wildman–Crippen MR) is 59.2 cm³/mol. The van der Waals surface area contributed by atoms with Crippen molar-refractivity contribution in [2.75, 3.05) is 0 Å². The molecule has 0 aliphatic carbocycles. The standard InChI is InChI=1S/C10H15N5O/c1-6(2)15-8(9(11)13-10(15)16)7-4-12-14(3)5-7/h4-6,8H,1-3H3,(H2,11,13,16). The van der Waals surface area contributed by atoms with E-state index in [0.717, 1.165) is 5.56 Å². The molecular weight excluding hydrogens is 206 g/mol. The van der Waals surface area contributed by atoms with Crippen LogP contribution in [0.5, 0.6) is 0 Å². The van der Waals surface area contributed by atoms with E-state index in [2.05, 4.69) is 10.4 Å². The van der Waals surface area contributed by atoms with E-state index >= 15 is 0 Å². The van der Waals surface area contributed by atoms with E-state index < -0.39 is 0 Å². The Hall–Kier alpha value is -1.85. The van der Waals surface area contributed by atoms with Gasteiger partial charge in [-0.15, -0.1) is 0 Å². The number of urea groups is 1. The maximum Gasteiger partial charge on any atom is 0.323 e. The number of aryl methyl sites for hydroxylation is 1. The van der Waals surface area contributed by atoms with Crippen LogP contribution in [0.15, 0.2) is 12.4 Å². The molecule has 1 atom stereocenters. The van der Waals surface area contributed by atoms with E-state index in [-0.39, 0.29) is 24.0 Å². The first kappa shape index (κ1) is 10.7. The third kappa shape index (κ3) is 1.56. The number of rotatable bonds is 2. The van der Waals surface area contributed by atoms with Gasteiger partial charge in [-0.25, -0.2) is 4.79 Å². The average molecular weight is 221 g/mol. The molecule has 0 aromatic carbocycles. The van der Waals surface area contributed by atoms with Crippen molar-refractivity contribution in [1.82, 2.24) is 20.0 Å². The van der Waals surface area contributed by atoms with Crippen LogP contribution in [0.2, 0.25) is 0 Å². The Morgan fingerprint density at radius 1 is 1.56 bits per heavy atom. The Morgan fingerprint density at radius 3 is 2.75 bits per heavy atom. The number of nitrogens with one attached hydrogen (secondary N) is 2. The Kier molecular flexibility index (Phi) is 2.41. The summed E-state index contributed by atoms with van der Waals surface area (Å²) in [5, 5.41) is 14.4. The zero-order valence-corrected chi connectivity index (χ0v) is 9.56. The first-order chi connectivity index (χ1) is 7.50. The summed E-state index contributed by atoms with van der Waals surface area (Å²) in [4.78, 5) is 13.3. The SMILES string of the molecule is CC(C)N1C(=O)NC(=N)C1c1cnn(C)c1. The minimum atomic E-state index is -0.332. The van der Waals surface area contributed by atoms with Gasteiger partial charge in [0.1, 0.15) is 11.9 Å². The normalized spacial score (nSPS) is 20.8. The Balaban J connectivity index is 2.37. The summed E-state index contributed by atoms with van der Waals surface area (Å²) in [6.07, 6.45) is 3.52. The highest BCUT2D eigenvalue weighted by molar-refractivity contribution is 6.06. The lowest BCUT2D eigenvalue weighted by Crippen LogP contribution is -2.35. The molecule has 1 fully saturated rings. The van der Waals surface area contributed by atoms with E-state index in [1.807, 2.05) is 27.1 Å². The summed E-state index contributed by atoms with van der Waals surface area (Å²) in [5.74, 6) is 0.215. The second-order valence-electron chi connectivity index (χ2n) is 4.19. The van der Waals surface area contributed by atoms with Crippen molar-refractivity contribution in [2.24, 2.45) is 7.05 Å². The summed E-state index contributed by atoms with van der Waals surface area (Å²) < 4.78 is 1.67. The monoisotopic (exact) mass is 221 g/mol. The molecule has 1 unspecified atom stereocenters. The third-order valence-electron chi connectivity index (χ3n) is 2.62. The number of hydrogen-bond donors (Lipinski definition) is 2. The van der Waals surface area contributed by atoms with Gasteiger partial charge >= 0.3 is 6.03 Å². The molecule has 0 saturated carbocycles. The third-order valence-corrected chi connectivity index (χ3v) is 2.62. The van der Waals surface area contributed by atoms with Gasteiger partial charge in [0, 0.05) is 24.8 Å². The van der Waals surface area contributed by atoms with Crippen molar-refractivity contribution in [3.63, 3.8) is 0 Å². The molecule has 0 radical (unpaired) electrons. The van der Waals surface area contributed by atoms with E-state index in [4.69, 9.17) is 5.41 Å². The summed E-state index contributed by atoms with van der Waals surface area (Å²) in [7, 11) is 1.82. The van der Waals surface area contributed by atoms with Gasteiger partial charge in [0.25, 0.3) is 0 Å². The van der Waals surface area contributed by atoms with Crippen LogP contribution in [0, 0.1) is 5.41 Å². The van der Waals surface area contributed by atoms with Gasteiger partial charge in [0.05, 0.1) is 6.20 Å². The quantitative estimate of drug-likeness (QED) is 0.777. The fourth-order valence-corrected chi connectivity index (χ4v) is 1.95. The molecule has 1 aliphatic rings. The molecule has 1 aliphatic heterocycles. The van der Waals surface area contributed by atoms with E-state index in [0.29, 0.717) is 0 Å². The molecule has 0 spiro atoms. The van der Waals surface area contributed by atoms with E-state index in [9.17, 15) is 4.79 Å². The highest BCUT2D eigenvalue weighted by Crippen LogP contribution is 2.27. The molecule has 2 amide bonds. The Bertz CT molecular complexity index is 436. The second-order valence-corrected chi connectivity index (χ2v) is 4.19. The van der Waals surface area contributed by atoms with Gasteiger partial charge < -0.3 is 4.90 Å². The summed E-state index contributed by atoms with van der Waals surface area (Å²) in [6, 6.07) is -0.497. The summed E-state index contributed by atoms with van der Waals surface area (Å²) >= 11 is 0. The van der Waals surface area contributed by atoms with Crippen molar-refractivity contribution < 1.29 is 4.79 Å². The molecule has 1 aromatic heterocycles. The largest absolute Gasteiger partial charge is 0.323 e. The lowest BCUT2D eigenvalue weighted by Gasteiger charge is -2.25. The molecule has 2 N–H and O–H groups in total. The highest BCUT2D eigenvalue weighted by atomic mass is 16.2. The van der Waals surface area contributed by atoms with Crippen molar-refractivity contribution in [3.05, 3.63) is 18.0 Å². The van der Waals surface area contributed by atoms with Crippen LogP contribution in [0.1, 0.15) is 25.5 Å². The van der Waals surface area contributed by atoms with Gasteiger partial charge in [-0.1, -0.05) is 0 Å². The van der Waals surface area contributed by atoms with Crippen LogP contribution in [0.3, 0.4) is 0 Å². The number of aromatic nitrogens is 2. The maximum atomic E-state index is 11.7. The van der Waals surface area contributed by atoms with Crippen LogP contribution in [0.25, 0.3) is 0 Å². The van der Waals surface area contributed by atoms with Crippen molar-refractivity contribution in [2.45, 2.75) is 25.9 Å². The Labute approximate surface area is 93.7 Å².